The fraction of sp³-hybridized carbons (Fsp3) is 0.160. The first kappa shape index (κ1) is 23.6. The number of imidazole rings is 1. The van der Waals surface area contributed by atoms with Gasteiger partial charge in [0, 0.05) is 23.9 Å². The van der Waals surface area contributed by atoms with Crippen LogP contribution in [-0.2, 0) is 9.59 Å². The normalized spacial score (nSPS) is 12.2. The summed E-state index contributed by atoms with van der Waals surface area (Å²) in [6.07, 6.45) is 4.62. The fourth-order valence-corrected chi connectivity index (χ4v) is 3.41. The molecule has 178 valence electrons. The first-order valence-corrected chi connectivity index (χ1v) is 10.9. The van der Waals surface area contributed by atoms with Gasteiger partial charge in [-0.05, 0) is 43.9 Å². The minimum atomic E-state index is -1.03. The van der Waals surface area contributed by atoms with Crippen LogP contribution in [0.3, 0.4) is 0 Å². The highest BCUT2D eigenvalue weighted by atomic mass is 16.4. The van der Waals surface area contributed by atoms with E-state index in [9.17, 15) is 14.7 Å². The Morgan fingerprint density at radius 1 is 1.09 bits per heavy atom. The van der Waals surface area contributed by atoms with Gasteiger partial charge in [-0.1, -0.05) is 36.4 Å². The predicted molar refractivity (Wildman–Crippen MR) is 134 cm³/mol. The number of aromatic amines is 1. The number of carboxylic acid groups (broad SMARTS) is 1. The lowest BCUT2D eigenvalue weighted by atomic mass is 10.1. The van der Waals surface area contributed by atoms with E-state index in [0.717, 1.165) is 5.56 Å². The number of anilines is 2. The summed E-state index contributed by atoms with van der Waals surface area (Å²) < 4.78 is 0. The molecule has 10 heteroatoms. The van der Waals surface area contributed by atoms with Crippen LogP contribution in [0.2, 0.25) is 0 Å². The van der Waals surface area contributed by atoms with Crippen LogP contribution >= 0.6 is 0 Å². The minimum absolute atomic E-state index is 0.208. The largest absolute Gasteiger partial charge is 0.479 e. The Labute approximate surface area is 201 Å². The third kappa shape index (κ3) is 5.87. The van der Waals surface area contributed by atoms with Crippen LogP contribution in [0.15, 0.2) is 73.1 Å². The van der Waals surface area contributed by atoms with Crippen molar-refractivity contribution in [3.05, 3.63) is 78.6 Å². The van der Waals surface area contributed by atoms with E-state index in [2.05, 4.69) is 30.6 Å². The number of fused-ring (bicyclic) bond motifs is 1. The third-order valence-electron chi connectivity index (χ3n) is 5.11. The Morgan fingerprint density at radius 3 is 2.51 bits per heavy atom. The van der Waals surface area contributed by atoms with Crippen molar-refractivity contribution in [3.63, 3.8) is 0 Å². The molecule has 2 aromatic heterocycles. The summed E-state index contributed by atoms with van der Waals surface area (Å²) in [6, 6.07) is 15.1. The van der Waals surface area contributed by atoms with Gasteiger partial charge in [0.25, 0.3) is 0 Å². The lowest BCUT2D eigenvalue weighted by Gasteiger charge is -2.15. The number of benzene rings is 2. The smallest absolute Gasteiger partial charge is 0.330 e. The standard InChI is InChI=1S/C25H25N7O3/c1-32(2)14-6-9-19(33)28-18-12-10-17(11-13-18)22-30-21-23(26-15-27-24(21)31-22)29-20(25(34)35)16-7-4-3-5-8-16/h3-13,15,20H,14H2,1-2H3,(H,28,33)(H,34,35)(H2,26,27,29,30,31). The molecule has 1 atom stereocenters. The lowest BCUT2D eigenvalue weighted by Crippen LogP contribution is -2.21. The molecular formula is C25H25N7O3. The SMILES string of the molecule is CN(C)CC=CC(=O)Nc1ccc(-c2nc3ncnc(NC(C(=O)O)c4ccccc4)c3[nH]2)cc1. The van der Waals surface area contributed by atoms with Gasteiger partial charge in [0.05, 0.1) is 0 Å². The van der Waals surface area contributed by atoms with E-state index in [0.29, 0.717) is 40.6 Å². The first-order chi connectivity index (χ1) is 16.9. The highest BCUT2D eigenvalue weighted by Crippen LogP contribution is 2.27. The van der Waals surface area contributed by atoms with E-state index in [1.54, 1.807) is 42.5 Å². The molecule has 0 spiro atoms. The number of amides is 1. The van der Waals surface area contributed by atoms with E-state index in [1.165, 1.54) is 12.4 Å². The monoisotopic (exact) mass is 471 g/mol. The molecule has 0 aliphatic rings. The first-order valence-electron chi connectivity index (χ1n) is 10.9. The van der Waals surface area contributed by atoms with Crippen molar-refractivity contribution in [2.75, 3.05) is 31.3 Å². The number of rotatable bonds is 9. The second-order valence-corrected chi connectivity index (χ2v) is 8.06. The molecule has 2 heterocycles. The zero-order valence-corrected chi connectivity index (χ0v) is 19.3. The number of H-pyrrole nitrogens is 1. The van der Waals surface area contributed by atoms with Gasteiger partial charge in [-0.3, -0.25) is 4.79 Å². The van der Waals surface area contributed by atoms with Crippen LogP contribution in [0.4, 0.5) is 11.5 Å². The lowest BCUT2D eigenvalue weighted by molar-refractivity contribution is -0.138. The third-order valence-corrected chi connectivity index (χ3v) is 5.11. The van der Waals surface area contributed by atoms with Gasteiger partial charge in [-0.15, -0.1) is 0 Å². The van der Waals surface area contributed by atoms with Crippen LogP contribution in [-0.4, -0.2) is 62.5 Å². The van der Waals surface area contributed by atoms with Crippen LogP contribution in [0.1, 0.15) is 11.6 Å². The van der Waals surface area contributed by atoms with Crippen molar-refractivity contribution < 1.29 is 14.7 Å². The summed E-state index contributed by atoms with van der Waals surface area (Å²) in [6.45, 7) is 0.677. The number of hydrogen-bond donors (Lipinski definition) is 4. The van der Waals surface area contributed by atoms with E-state index in [-0.39, 0.29) is 5.91 Å². The summed E-state index contributed by atoms with van der Waals surface area (Å²) in [5.74, 6) is -0.366. The van der Waals surface area contributed by atoms with Gasteiger partial charge in [-0.2, -0.15) is 0 Å². The molecule has 4 N–H and O–H groups in total. The second kappa shape index (κ2) is 10.6. The molecule has 0 bridgehead atoms. The van der Waals surface area contributed by atoms with Crippen molar-refractivity contribution in [1.82, 2.24) is 24.8 Å². The molecule has 1 amide bonds. The summed E-state index contributed by atoms with van der Waals surface area (Å²) in [5, 5.41) is 15.5. The van der Waals surface area contributed by atoms with E-state index >= 15 is 0 Å². The van der Waals surface area contributed by atoms with Crippen LogP contribution < -0.4 is 10.6 Å². The number of hydrogen-bond acceptors (Lipinski definition) is 7. The number of aromatic nitrogens is 4. The van der Waals surface area contributed by atoms with Crippen molar-refractivity contribution in [2.45, 2.75) is 6.04 Å². The summed E-state index contributed by atoms with van der Waals surface area (Å²) in [7, 11) is 3.86. The van der Waals surface area contributed by atoms with Gasteiger partial charge >= 0.3 is 5.97 Å². The molecule has 0 aliphatic heterocycles. The number of likely N-dealkylation sites (N-methyl/N-ethyl adjacent to an activating group) is 1. The quantitative estimate of drug-likeness (QED) is 0.273. The van der Waals surface area contributed by atoms with E-state index in [4.69, 9.17) is 0 Å². The van der Waals surface area contributed by atoms with Gasteiger partial charge < -0.3 is 25.6 Å². The molecule has 0 fully saturated rings. The molecule has 35 heavy (non-hydrogen) atoms. The van der Waals surface area contributed by atoms with E-state index < -0.39 is 12.0 Å². The Bertz CT molecular complexity index is 1350. The molecule has 4 aromatic rings. The Kier molecular flexibility index (Phi) is 7.12. The van der Waals surface area contributed by atoms with E-state index in [1.807, 2.05) is 37.2 Å². The minimum Gasteiger partial charge on any atom is -0.479 e. The molecule has 2 aromatic carbocycles. The molecule has 0 saturated carbocycles. The number of carboxylic acids is 1. The number of nitrogens with one attached hydrogen (secondary N) is 3. The number of aliphatic carboxylic acids is 1. The Hall–Kier alpha value is -4.57. The van der Waals surface area contributed by atoms with Crippen molar-refractivity contribution in [3.8, 4) is 11.4 Å². The van der Waals surface area contributed by atoms with Crippen molar-refractivity contribution >= 4 is 34.5 Å². The molecule has 0 saturated heterocycles. The summed E-state index contributed by atoms with van der Waals surface area (Å²) in [4.78, 5) is 42.0. The molecule has 0 aliphatic carbocycles. The second-order valence-electron chi connectivity index (χ2n) is 8.06. The molecule has 0 radical (unpaired) electrons. The highest BCUT2D eigenvalue weighted by molar-refractivity contribution is 5.99. The maximum absolute atomic E-state index is 12.0. The maximum atomic E-state index is 12.0. The van der Waals surface area contributed by atoms with Crippen molar-refractivity contribution in [2.24, 2.45) is 0 Å². The zero-order chi connectivity index (χ0) is 24.8. The van der Waals surface area contributed by atoms with Gasteiger partial charge in [0.1, 0.15) is 17.7 Å². The average Bonchev–Trinajstić information content (AvgIpc) is 3.28. The zero-order valence-electron chi connectivity index (χ0n) is 19.3. The van der Waals surface area contributed by atoms with Crippen molar-refractivity contribution in [1.29, 1.82) is 0 Å². The number of carbonyl (C=O) groups is 2. The molecule has 4 rings (SSSR count). The molecule has 10 nitrogen and oxygen atoms in total. The number of carbonyl (C=O) groups excluding carboxylic acids is 1. The van der Waals surface area contributed by atoms with Gasteiger partial charge in [0.15, 0.2) is 17.5 Å². The molecular weight excluding hydrogens is 446 g/mol. The summed E-state index contributed by atoms with van der Waals surface area (Å²) in [5.41, 5.74) is 2.92. The van der Waals surface area contributed by atoms with Crippen LogP contribution in [0.25, 0.3) is 22.6 Å². The van der Waals surface area contributed by atoms with Crippen LogP contribution in [0, 0.1) is 0 Å². The van der Waals surface area contributed by atoms with Gasteiger partial charge in [-0.25, -0.2) is 19.7 Å². The average molecular weight is 472 g/mol. The highest BCUT2D eigenvalue weighted by Gasteiger charge is 2.22. The van der Waals surface area contributed by atoms with Gasteiger partial charge in [0.2, 0.25) is 5.91 Å². The predicted octanol–water partition coefficient (Wildman–Crippen LogP) is 3.31. The molecule has 1 unspecified atom stereocenters. The Balaban J connectivity index is 1.53. The Morgan fingerprint density at radius 2 is 1.83 bits per heavy atom. The van der Waals surface area contributed by atoms with Crippen LogP contribution in [0.5, 0.6) is 0 Å². The summed E-state index contributed by atoms with van der Waals surface area (Å²) >= 11 is 0. The number of nitrogens with zero attached hydrogens (tertiary/aromatic N) is 4. The fourth-order valence-electron chi connectivity index (χ4n) is 3.41. The topological polar surface area (TPSA) is 136 Å². The maximum Gasteiger partial charge on any atom is 0.330 e.